The maximum absolute atomic E-state index is 11.1. The van der Waals surface area contributed by atoms with Crippen LogP contribution in [0, 0.1) is 0 Å². The van der Waals surface area contributed by atoms with Crippen molar-refractivity contribution < 1.29 is 14.6 Å². The Kier molecular flexibility index (Phi) is 3.13. The van der Waals surface area contributed by atoms with E-state index in [2.05, 4.69) is 0 Å². The molecule has 86 valence electrons. The van der Waals surface area contributed by atoms with Crippen LogP contribution < -0.4 is 4.74 Å². The number of phenolic OH excluding ortho intramolecular Hbond substituents is 1. The molecule has 0 heterocycles. The predicted octanol–water partition coefficient (Wildman–Crippen LogP) is 2.87. The Bertz CT molecular complexity index is 392. The third-order valence-corrected chi connectivity index (χ3v) is 3.35. The number of aldehydes is 1. The number of hydrogen-bond donors (Lipinski definition) is 1. The minimum Gasteiger partial charge on any atom is -0.504 e. The third kappa shape index (κ3) is 1.77. The zero-order chi connectivity index (χ0) is 11.5. The van der Waals surface area contributed by atoms with Crippen molar-refractivity contribution in [1.82, 2.24) is 0 Å². The van der Waals surface area contributed by atoms with Gasteiger partial charge >= 0.3 is 0 Å². The molecule has 0 spiro atoms. The van der Waals surface area contributed by atoms with Crippen LogP contribution >= 0.6 is 0 Å². The fourth-order valence-electron chi connectivity index (χ4n) is 2.49. The highest BCUT2D eigenvalue weighted by atomic mass is 16.5. The molecule has 0 atom stereocenters. The van der Waals surface area contributed by atoms with E-state index in [9.17, 15) is 9.90 Å². The van der Waals surface area contributed by atoms with Gasteiger partial charge in [-0.1, -0.05) is 18.9 Å². The van der Waals surface area contributed by atoms with E-state index in [-0.39, 0.29) is 5.75 Å². The van der Waals surface area contributed by atoms with Gasteiger partial charge in [-0.05, 0) is 30.4 Å². The number of aromatic hydroxyl groups is 1. The van der Waals surface area contributed by atoms with E-state index in [0.29, 0.717) is 17.2 Å². The summed E-state index contributed by atoms with van der Waals surface area (Å²) in [5.74, 6) is 0.753. The minimum absolute atomic E-state index is 0.0260. The highest BCUT2D eigenvalue weighted by Gasteiger charge is 2.22. The summed E-state index contributed by atoms with van der Waals surface area (Å²) >= 11 is 0. The topological polar surface area (TPSA) is 46.5 Å². The van der Waals surface area contributed by atoms with Crippen LogP contribution in [0.2, 0.25) is 0 Å². The minimum atomic E-state index is -0.0260. The number of rotatable bonds is 3. The number of ether oxygens (including phenoxy) is 1. The van der Waals surface area contributed by atoms with Gasteiger partial charge in [0.05, 0.1) is 12.7 Å². The SMILES string of the molecule is COc1ccc(C2CCCC2)c(C=O)c1O. The molecule has 0 radical (unpaired) electrons. The molecule has 0 unspecified atom stereocenters. The maximum atomic E-state index is 11.1. The van der Waals surface area contributed by atoms with Crippen LogP contribution in [-0.4, -0.2) is 18.5 Å². The second-order valence-corrected chi connectivity index (χ2v) is 4.22. The highest BCUT2D eigenvalue weighted by molar-refractivity contribution is 5.83. The molecule has 3 heteroatoms. The zero-order valence-corrected chi connectivity index (χ0v) is 9.40. The van der Waals surface area contributed by atoms with Crippen molar-refractivity contribution in [3.63, 3.8) is 0 Å². The van der Waals surface area contributed by atoms with Crippen LogP contribution in [0.1, 0.15) is 47.5 Å². The molecular weight excluding hydrogens is 204 g/mol. The van der Waals surface area contributed by atoms with Gasteiger partial charge < -0.3 is 9.84 Å². The molecule has 1 saturated carbocycles. The first-order chi connectivity index (χ1) is 7.77. The summed E-state index contributed by atoms with van der Waals surface area (Å²) in [4.78, 5) is 11.1. The van der Waals surface area contributed by atoms with Crippen LogP contribution in [0.4, 0.5) is 0 Å². The van der Waals surface area contributed by atoms with Crippen LogP contribution in [0.25, 0.3) is 0 Å². The van der Waals surface area contributed by atoms with Crippen LogP contribution in [0.3, 0.4) is 0 Å². The average molecular weight is 220 g/mol. The maximum Gasteiger partial charge on any atom is 0.168 e. The summed E-state index contributed by atoms with van der Waals surface area (Å²) in [6.07, 6.45) is 5.34. The zero-order valence-electron chi connectivity index (χ0n) is 9.40. The summed E-state index contributed by atoms with van der Waals surface area (Å²) < 4.78 is 5.00. The first kappa shape index (κ1) is 11.0. The van der Waals surface area contributed by atoms with E-state index >= 15 is 0 Å². The summed E-state index contributed by atoms with van der Waals surface area (Å²) in [5.41, 5.74) is 1.36. The van der Waals surface area contributed by atoms with E-state index in [1.807, 2.05) is 6.07 Å². The summed E-state index contributed by atoms with van der Waals surface area (Å²) in [6, 6.07) is 3.63. The summed E-state index contributed by atoms with van der Waals surface area (Å²) in [5, 5.41) is 9.87. The lowest BCUT2D eigenvalue weighted by molar-refractivity contribution is 0.111. The normalized spacial score (nSPS) is 16.3. The van der Waals surface area contributed by atoms with Crippen molar-refractivity contribution in [3.05, 3.63) is 23.3 Å². The number of benzene rings is 1. The first-order valence-electron chi connectivity index (χ1n) is 5.63. The number of hydrogen-bond acceptors (Lipinski definition) is 3. The van der Waals surface area contributed by atoms with Gasteiger partial charge in [0.25, 0.3) is 0 Å². The van der Waals surface area contributed by atoms with E-state index in [0.717, 1.165) is 24.7 Å². The van der Waals surface area contributed by atoms with E-state index < -0.39 is 0 Å². The Morgan fingerprint density at radius 3 is 2.62 bits per heavy atom. The molecule has 0 saturated heterocycles. The van der Waals surface area contributed by atoms with E-state index in [1.165, 1.54) is 20.0 Å². The lowest BCUT2D eigenvalue weighted by Gasteiger charge is -2.15. The Labute approximate surface area is 95.0 Å². The fraction of sp³-hybridized carbons (Fsp3) is 0.462. The molecule has 0 aliphatic heterocycles. The van der Waals surface area contributed by atoms with Gasteiger partial charge in [-0.25, -0.2) is 0 Å². The molecule has 1 aromatic carbocycles. The molecule has 1 aliphatic rings. The van der Waals surface area contributed by atoms with Crippen molar-refractivity contribution >= 4 is 6.29 Å². The van der Waals surface area contributed by atoms with Crippen molar-refractivity contribution in [2.24, 2.45) is 0 Å². The molecule has 0 aromatic heterocycles. The largest absolute Gasteiger partial charge is 0.504 e. The smallest absolute Gasteiger partial charge is 0.168 e. The summed E-state index contributed by atoms with van der Waals surface area (Å²) in [6.45, 7) is 0. The molecule has 0 amide bonds. The van der Waals surface area contributed by atoms with E-state index in [1.54, 1.807) is 6.07 Å². The van der Waals surface area contributed by atoms with Crippen molar-refractivity contribution in [2.75, 3.05) is 7.11 Å². The average Bonchev–Trinajstić information content (AvgIpc) is 2.82. The highest BCUT2D eigenvalue weighted by Crippen LogP contribution is 2.40. The lowest BCUT2D eigenvalue weighted by atomic mass is 9.92. The van der Waals surface area contributed by atoms with Gasteiger partial charge in [-0.15, -0.1) is 0 Å². The second kappa shape index (κ2) is 4.56. The number of methoxy groups -OCH3 is 1. The van der Waals surface area contributed by atoms with Gasteiger partial charge in [0.15, 0.2) is 17.8 Å². The number of carbonyl (C=O) groups is 1. The van der Waals surface area contributed by atoms with Gasteiger partial charge in [0, 0.05) is 0 Å². The molecule has 0 bridgehead atoms. The fourth-order valence-corrected chi connectivity index (χ4v) is 2.49. The Morgan fingerprint density at radius 1 is 1.38 bits per heavy atom. The molecule has 1 aliphatic carbocycles. The lowest BCUT2D eigenvalue weighted by Crippen LogP contribution is -2.00. The predicted molar refractivity (Wildman–Crippen MR) is 61.3 cm³/mol. The Hall–Kier alpha value is -1.51. The third-order valence-electron chi connectivity index (χ3n) is 3.35. The van der Waals surface area contributed by atoms with Gasteiger partial charge in [-0.3, -0.25) is 4.79 Å². The van der Waals surface area contributed by atoms with Crippen molar-refractivity contribution in [3.8, 4) is 11.5 Å². The molecule has 1 aromatic rings. The molecule has 16 heavy (non-hydrogen) atoms. The standard InChI is InChI=1S/C13H16O3/c1-16-12-7-6-10(9-4-2-3-5-9)11(8-14)13(12)15/h6-9,15H,2-5H2,1H3. The quantitative estimate of drug-likeness (QED) is 0.797. The monoisotopic (exact) mass is 220 g/mol. The van der Waals surface area contributed by atoms with Gasteiger partial charge in [0.2, 0.25) is 0 Å². The molecule has 3 nitrogen and oxygen atoms in total. The Balaban J connectivity index is 2.44. The first-order valence-corrected chi connectivity index (χ1v) is 5.63. The molecule has 1 fully saturated rings. The molecule has 1 N–H and O–H groups in total. The van der Waals surface area contributed by atoms with Crippen molar-refractivity contribution in [1.29, 1.82) is 0 Å². The molecule has 2 rings (SSSR count). The van der Waals surface area contributed by atoms with Gasteiger partial charge in [0.1, 0.15) is 0 Å². The van der Waals surface area contributed by atoms with Crippen LogP contribution in [0.5, 0.6) is 11.5 Å². The van der Waals surface area contributed by atoms with E-state index in [4.69, 9.17) is 4.74 Å². The number of phenols is 1. The van der Waals surface area contributed by atoms with Crippen LogP contribution in [-0.2, 0) is 0 Å². The van der Waals surface area contributed by atoms with Crippen molar-refractivity contribution in [2.45, 2.75) is 31.6 Å². The summed E-state index contributed by atoms with van der Waals surface area (Å²) in [7, 11) is 1.48. The van der Waals surface area contributed by atoms with Gasteiger partial charge in [-0.2, -0.15) is 0 Å². The number of carbonyl (C=O) groups excluding carboxylic acids is 1. The second-order valence-electron chi connectivity index (χ2n) is 4.22. The van der Waals surface area contributed by atoms with Crippen LogP contribution in [0.15, 0.2) is 12.1 Å². The molecular formula is C13H16O3. The Morgan fingerprint density at radius 2 is 2.06 bits per heavy atom.